The van der Waals surface area contributed by atoms with Gasteiger partial charge in [-0.2, -0.15) is 0 Å². The highest BCUT2D eigenvalue weighted by atomic mass is 16.5. The molecule has 1 N–H and O–H groups in total. The number of Topliss-reactive ketones (excluding diaryl/α,β-unsaturated/α-hetero) is 1. The summed E-state index contributed by atoms with van der Waals surface area (Å²) in [5.74, 6) is -0.0848. The Morgan fingerprint density at radius 2 is 2.50 bits per heavy atom. The second kappa shape index (κ2) is 3.12. The zero-order valence-electron chi connectivity index (χ0n) is 6.04. The van der Waals surface area contributed by atoms with Gasteiger partial charge in [-0.25, -0.2) is 0 Å². The molecule has 0 heterocycles. The van der Waals surface area contributed by atoms with Gasteiger partial charge in [-0.15, -0.1) is 0 Å². The summed E-state index contributed by atoms with van der Waals surface area (Å²) in [4.78, 5) is 10.7. The van der Waals surface area contributed by atoms with E-state index in [2.05, 4.69) is 0 Å². The van der Waals surface area contributed by atoms with Crippen LogP contribution in [0, 0.1) is 0 Å². The maximum atomic E-state index is 10.7. The second-order valence-corrected chi connectivity index (χ2v) is 2.50. The summed E-state index contributed by atoms with van der Waals surface area (Å²) in [5, 5.41) is 8.97. The van der Waals surface area contributed by atoms with E-state index in [0.29, 0.717) is 19.4 Å². The van der Waals surface area contributed by atoms with E-state index in [4.69, 9.17) is 9.84 Å². The van der Waals surface area contributed by atoms with Crippen LogP contribution < -0.4 is 0 Å². The molecular weight excluding hydrogens is 132 g/mol. The Bertz CT molecular complexity index is 133. The van der Waals surface area contributed by atoms with Gasteiger partial charge in [0.05, 0.1) is 6.10 Å². The molecule has 58 valence electrons. The molecule has 0 aliphatic heterocycles. The molecule has 3 heteroatoms. The maximum absolute atomic E-state index is 10.7. The van der Waals surface area contributed by atoms with Crippen LogP contribution in [0.5, 0.6) is 0 Å². The van der Waals surface area contributed by atoms with Crippen LogP contribution in [0.2, 0.25) is 0 Å². The quantitative estimate of drug-likeness (QED) is 0.598. The minimum atomic E-state index is -0.767. The van der Waals surface area contributed by atoms with Crippen molar-refractivity contribution >= 4 is 5.78 Å². The average Bonchev–Trinajstić information content (AvgIpc) is 2.14. The van der Waals surface area contributed by atoms with Gasteiger partial charge in [-0.05, 0) is 6.92 Å². The average molecular weight is 144 g/mol. The molecular formula is C7H12O3. The third kappa shape index (κ3) is 1.55. The van der Waals surface area contributed by atoms with Gasteiger partial charge in [0.25, 0.3) is 0 Å². The first kappa shape index (κ1) is 7.69. The van der Waals surface area contributed by atoms with E-state index >= 15 is 0 Å². The third-order valence-electron chi connectivity index (χ3n) is 1.69. The molecule has 1 saturated carbocycles. The Labute approximate surface area is 60.0 Å². The van der Waals surface area contributed by atoms with Crippen molar-refractivity contribution in [1.82, 2.24) is 0 Å². The van der Waals surface area contributed by atoms with Gasteiger partial charge in [-0.3, -0.25) is 4.79 Å². The lowest BCUT2D eigenvalue weighted by Gasteiger charge is -2.06. The van der Waals surface area contributed by atoms with Gasteiger partial charge in [0.1, 0.15) is 6.10 Å². The lowest BCUT2D eigenvalue weighted by molar-refractivity contribution is -0.124. The van der Waals surface area contributed by atoms with Crippen molar-refractivity contribution in [3.63, 3.8) is 0 Å². The van der Waals surface area contributed by atoms with E-state index in [1.165, 1.54) is 0 Å². The Balaban J connectivity index is 2.34. The molecule has 0 saturated heterocycles. The van der Waals surface area contributed by atoms with Crippen molar-refractivity contribution in [2.75, 3.05) is 6.61 Å². The number of ketones is 1. The van der Waals surface area contributed by atoms with Gasteiger partial charge in [-0.1, -0.05) is 0 Å². The maximum Gasteiger partial charge on any atom is 0.163 e. The monoisotopic (exact) mass is 144 g/mol. The zero-order chi connectivity index (χ0) is 7.56. The molecule has 1 aliphatic rings. The first-order valence-electron chi connectivity index (χ1n) is 3.56. The summed E-state index contributed by atoms with van der Waals surface area (Å²) < 4.78 is 5.16. The number of carbonyl (C=O) groups is 1. The Morgan fingerprint density at radius 3 is 2.90 bits per heavy atom. The van der Waals surface area contributed by atoms with E-state index in [-0.39, 0.29) is 11.9 Å². The highest BCUT2D eigenvalue weighted by Crippen LogP contribution is 2.18. The van der Waals surface area contributed by atoms with Crippen molar-refractivity contribution in [2.24, 2.45) is 0 Å². The van der Waals surface area contributed by atoms with Crippen molar-refractivity contribution < 1.29 is 14.6 Å². The van der Waals surface area contributed by atoms with Crippen LogP contribution in [0.4, 0.5) is 0 Å². The van der Waals surface area contributed by atoms with Crippen molar-refractivity contribution in [3.8, 4) is 0 Å². The van der Waals surface area contributed by atoms with Gasteiger partial charge in [0, 0.05) is 19.4 Å². The Hall–Kier alpha value is -0.410. The SMILES string of the molecule is CCOC1CC(=O)C(O)C1. The number of hydrogen-bond donors (Lipinski definition) is 1. The molecule has 0 aromatic carbocycles. The fraction of sp³-hybridized carbons (Fsp3) is 0.857. The Morgan fingerprint density at radius 1 is 1.80 bits per heavy atom. The number of aliphatic hydroxyl groups is 1. The number of ether oxygens (including phenoxy) is 1. The number of rotatable bonds is 2. The molecule has 0 bridgehead atoms. The zero-order valence-corrected chi connectivity index (χ0v) is 6.04. The van der Waals surface area contributed by atoms with E-state index in [9.17, 15) is 4.79 Å². The van der Waals surface area contributed by atoms with Crippen LogP contribution in [0.1, 0.15) is 19.8 Å². The minimum absolute atomic E-state index is 0.0347. The standard InChI is InChI=1S/C7H12O3/c1-2-10-5-3-6(8)7(9)4-5/h5-6,8H,2-4H2,1H3. The molecule has 0 radical (unpaired) electrons. The smallest absolute Gasteiger partial charge is 0.163 e. The van der Waals surface area contributed by atoms with Gasteiger partial charge in [0.2, 0.25) is 0 Å². The normalized spacial score (nSPS) is 33.2. The largest absolute Gasteiger partial charge is 0.385 e. The molecule has 0 amide bonds. The first-order valence-corrected chi connectivity index (χ1v) is 3.56. The number of carbonyl (C=O) groups excluding carboxylic acids is 1. The topological polar surface area (TPSA) is 46.5 Å². The molecule has 0 spiro atoms. The van der Waals surface area contributed by atoms with Gasteiger partial charge < -0.3 is 9.84 Å². The molecule has 2 atom stereocenters. The van der Waals surface area contributed by atoms with Crippen LogP contribution in [0.15, 0.2) is 0 Å². The first-order chi connectivity index (χ1) is 4.74. The predicted molar refractivity (Wildman–Crippen MR) is 35.7 cm³/mol. The van der Waals surface area contributed by atoms with Crippen LogP contribution >= 0.6 is 0 Å². The van der Waals surface area contributed by atoms with Crippen LogP contribution in [-0.2, 0) is 9.53 Å². The van der Waals surface area contributed by atoms with Gasteiger partial charge in [0.15, 0.2) is 5.78 Å². The van der Waals surface area contributed by atoms with Crippen LogP contribution in [-0.4, -0.2) is 29.7 Å². The highest BCUT2D eigenvalue weighted by Gasteiger charge is 2.30. The molecule has 0 aromatic heterocycles. The second-order valence-electron chi connectivity index (χ2n) is 2.50. The fourth-order valence-electron chi connectivity index (χ4n) is 1.19. The molecule has 2 unspecified atom stereocenters. The number of aliphatic hydroxyl groups excluding tert-OH is 1. The summed E-state index contributed by atoms with van der Waals surface area (Å²) in [6.45, 7) is 2.50. The lowest BCUT2D eigenvalue weighted by Crippen LogP contribution is -2.11. The molecule has 0 aromatic rings. The van der Waals surface area contributed by atoms with E-state index in [1.807, 2.05) is 6.92 Å². The molecule has 10 heavy (non-hydrogen) atoms. The van der Waals surface area contributed by atoms with Crippen molar-refractivity contribution in [1.29, 1.82) is 0 Å². The lowest BCUT2D eigenvalue weighted by atomic mass is 10.3. The summed E-state index contributed by atoms with van der Waals surface area (Å²) in [6.07, 6.45) is 0.0610. The van der Waals surface area contributed by atoms with E-state index in [1.54, 1.807) is 0 Å². The van der Waals surface area contributed by atoms with Gasteiger partial charge >= 0.3 is 0 Å². The summed E-state index contributed by atoms with van der Waals surface area (Å²) in [7, 11) is 0. The minimum Gasteiger partial charge on any atom is -0.385 e. The summed E-state index contributed by atoms with van der Waals surface area (Å²) >= 11 is 0. The number of hydrogen-bond acceptors (Lipinski definition) is 3. The van der Waals surface area contributed by atoms with Crippen molar-refractivity contribution in [2.45, 2.75) is 32.0 Å². The van der Waals surface area contributed by atoms with Crippen LogP contribution in [0.3, 0.4) is 0 Å². The van der Waals surface area contributed by atoms with Crippen molar-refractivity contribution in [3.05, 3.63) is 0 Å². The molecule has 1 fully saturated rings. The third-order valence-corrected chi connectivity index (χ3v) is 1.69. The van der Waals surface area contributed by atoms with E-state index < -0.39 is 6.10 Å². The summed E-state index contributed by atoms with van der Waals surface area (Å²) in [6, 6.07) is 0. The van der Waals surface area contributed by atoms with Crippen LogP contribution in [0.25, 0.3) is 0 Å². The molecule has 1 aliphatic carbocycles. The molecule has 3 nitrogen and oxygen atoms in total. The molecule has 1 rings (SSSR count). The summed E-state index contributed by atoms with van der Waals surface area (Å²) in [5.41, 5.74) is 0. The highest BCUT2D eigenvalue weighted by molar-refractivity contribution is 5.85. The Kier molecular flexibility index (Phi) is 2.40. The fourth-order valence-corrected chi connectivity index (χ4v) is 1.19. The van der Waals surface area contributed by atoms with E-state index in [0.717, 1.165) is 0 Å². The predicted octanol–water partition coefficient (Wildman–Crippen LogP) is 0.115.